The van der Waals surface area contributed by atoms with Crippen LogP contribution in [0, 0.1) is 0 Å². The molecule has 1 amide bonds. The Morgan fingerprint density at radius 2 is 1.52 bits per heavy atom. The second-order valence-electron chi connectivity index (χ2n) is 6.77. The van der Waals surface area contributed by atoms with E-state index in [1.165, 1.54) is 5.56 Å². The number of carbonyl (C=O) groups is 1. The zero-order chi connectivity index (χ0) is 18.3. The van der Waals surface area contributed by atoms with E-state index in [4.69, 9.17) is 15.2 Å². The Morgan fingerprint density at radius 3 is 2.08 bits per heavy atom. The first kappa shape index (κ1) is 18.8. The van der Waals surface area contributed by atoms with Crippen molar-refractivity contribution in [2.45, 2.75) is 26.2 Å². The van der Waals surface area contributed by atoms with Crippen LogP contribution in [-0.4, -0.2) is 25.7 Å². The third-order valence-corrected chi connectivity index (χ3v) is 3.61. The smallest absolute Gasteiger partial charge is 0.262 e. The van der Waals surface area contributed by atoms with E-state index in [1.54, 1.807) is 24.3 Å². The normalized spacial score (nSPS) is 11.0. The Hall–Kier alpha value is -2.53. The van der Waals surface area contributed by atoms with Gasteiger partial charge in [0.2, 0.25) is 0 Å². The predicted octanol–water partition coefficient (Wildman–Crippen LogP) is 3.34. The predicted molar refractivity (Wildman–Crippen MR) is 100 cm³/mol. The van der Waals surface area contributed by atoms with Crippen LogP contribution in [0.4, 0.5) is 5.69 Å². The highest BCUT2D eigenvalue weighted by molar-refractivity contribution is 5.91. The molecule has 0 aliphatic heterocycles. The summed E-state index contributed by atoms with van der Waals surface area (Å²) >= 11 is 0. The number of rotatable bonds is 7. The van der Waals surface area contributed by atoms with Crippen LogP contribution in [0.2, 0.25) is 0 Å². The molecule has 0 atom stereocenters. The molecule has 134 valence electrons. The summed E-state index contributed by atoms with van der Waals surface area (Å²) in [6.45, 7) is 7.36. The van der Waals surface area contributed by atoms with Crippen LogP contribution in [0.1, 0.15) is 26.3 Å². The van der Waals surface area contributed by atoms with Crippen LogP contribution in [0.5, 0.6) is 11.5 Å². The van der Waals surface area contributed by atoms with Crippen molar-refractivity contribution in [2.75, 3.05) is 25.1 Å². The van der Waals surface area contributed by atoms with Crippen LogP contribution >= 0.6 is 0 Å². The lowest BCUT2D eigenvalue weighted by molar-refractivity contribution is -0.118. The maximum Gasteiger partial charge on any atom is 0.262 e. The molecule has 0 aliphatic carbocycles. The molecule has 0 saturated carbocycles. The number of hydrogen-bond acceptors (Lipinski definition) is 4. The largest absolute Gasteiger partial charge is 0.492 e. The number of benzene rings is 2. The van der Waals surface area contributed by atoms with Crippen molar-refractivity contribution >= 4 is 11.6 Å². The van der Waals surface area contributed by atoms with Crippen molar-refractivity contribution in [1.82, 2.24) is 0 Å². The molecular formula is C20H26N2O3. The van der Waals surface area contributed by atoms with E-state index in [2.05, 4.69) is 26.1 Å². The minimum Gasteiger partial charge on any atom is -0.492 e. The molecule has 0 aliphatic rings. The van der Waals surface area contributed by atoms with Gasteiger partial charge in [-0.25, -0.2) is 0 Å². The monoisotopic (exact) mass is 342 g/mol. The van der Waals surface area contributed by atoms with Gasteiger partial charge in [-0.2, -0.15) is 0 Å². The van der Waals surface area contributed by atoms with E-state index < -0.39 is 0 Å². The standard InChI is InChI=1S/C20H26N2O3/c1-20(2,3)15-4-8-18(9-5-15)25-14-19(23)22-16-6-10-17(11-7-16)24-13-12-21/h4-11H,12-14,21H2,1-3H3,(H,22,23). The number of anilines is 1. The minimum atomic E-state index is -0.212. The fourth-order valence-electron chi connectivity index (χ4n) is 2.21. The summed E-state index contributed by atoms with van der Waals surface area (Å²) in [7, 11) is 0. The minimum absolute atomic E-state index is 0.0414. The van der Waals surface area contributed by atoms with Crippen molar-refractivity contribution < 1.29 is 14.3 Å². The van der Waals surface area contributed by atoms with Crippen molar-refractivity contribution in [3.05, 3.63) is 54.1 Å². The molecule has 0 heterocycles. The summed E-state index contributed by atoms with van der Waals surface area (Å²) in [4.78, 5) is 12.0. The highest BCUT2D eigenvalue weighted by Crippen LogP contribution is 2.24. The van der Waals surface area contributed by atoms with Crippen molar-refractivity contribution in [2.24, 2.45) is 5.73 Å². The number of carbonyl (C=O) groups excluding carboxylic acids is 1. The number of nitrogens with two attached hydrogens (primary N) is 1. The van der Waals surface area contributed by atoms with Gasteiger partial charge in [-0.1, -0.05) is 32.9 Å². The van der Waals surface area contributed by atoms with E-state index >= 15 is 0 Å². The molecule has 3 N–H and O–H groups in total. The molecule has 0 saturated heterocycles. The summed E-state index contributed by atoms with van der Waals surface area (Å²) in [5, 5.41) is 2.79. The van der Waals surface area contributed by atoms with Gasteiger partial charge in [0.15, 0.2) is 6.61 Å². The molecule has 2 aromatic carbocycles. The molecule has 0 radical (unpaired) electrons. The Labute approximate surface area is 149 Å². The molecule has 0 bridgehead atoms. The van der Waals surface area contributed by atoms with Crippen LogP contribution in [-0.2, 0) is 10.2 Å². The van der Waals surface area contributed by atoms with Crippen LogP contribution < -0.4 is 20.5 Å². The molecule has 0 spiro atoms. The number of nitrogens with one attached hydrogen (secondary N) is 1. The molecule has 2 aromatic rings. The zero-order valence-electron chi connectivity index (χ0n) is 15.0. The Balaban J connectivity index is 1.82. The lowest BCUT2D eigenvalue weighted by Crippen LogP contribution is -2.20. The van der Waals surface area contributed by atoms with Crippen molar-refractivity contribution in [3.63, 3.8) is 0 Å². The van der Waals surface area contributed by atoms with Gasteiger partial charge >= 0.3 is 0 Å². The highest BCUT2D eigenvalue weighted by Gasteiger charge is 2.13. The second kappa shape index (κ2) is 8.53. The van der Waals surface area contributed by atoms with Crippen LogP contribution in [0.3, 0.4) is 0 Å². The van der Waals surface area contributed by atoms with Crippen LogP contribution in [0.25, 0.3) is 0 Å². The quantitative estimate of drug-likeness (QED) is 0.809. The van der Waals surface area contributed by atoms with E-state index in [1.807, 2.05) is 24.3 Å². The summed E-state index contributed by atoms with van der Waals surface area (Å²) < 4.78 is 10.9. The second-order valence-corrected chi connectivity index (χ2v) is 6.77. The fourth-order valence-corrected chi connectivity index (χ4v) is 2.21. The molecule has 5 nitrogen and oxygen atoms in total. The SMILES string of the molecule is CC(C)(C)c1ccc(OCC(=O)Nc2ccc(OCCN)cc2)cc1. The van der Waals surface area contributed by atoms with E-state index in [0.717, 1.165) is 5.75 Å². The van der Waals surface area contributed by atoms with Gasteiger partial charge < -0.3 is 20.5 Å². The van der Waals surface area contributed by atoms with Gasteiger partial charge in [0, 0.05) is 12.2 Å². The van der Waals surface area contributed by atoms with E-state index in [9.17, 15) is 4.79 Å². The molecule has 0 unspecified atom stereocenters. The topological polar surface area (TPSA) is 73.6 Å². The molecule has 2 rings (SSSR count). The van der Waals surface area contributed by atoms with Crippen LogP contribution in [0.15, 0.2) is 48.5 Å². The van der Waals surface area contributed by atoms with Gasteiger partial charge in [-0.15, -0.1) is 0 Å². The number of hydrogen-bond donors (Lipinski definition) is 2. The van der Waals surface area contributed by atoms with Crippen molar-refractivity contribution in [1.29, 1.82) is 0 Å². The summed E-state index contributed by atoms with van der Waals surface area (Å²) in [6, 6.07) is 15.0. The summed E-state index contributed by atoms with van der Waals surface area (Å²) in [6.07, 6.45) is 0. The van der Waals surface area contributed by atoms with E-state index in [-0.39, 0.29) is 17.9 Å². The Bertz CT molecular complexity index is 674. The van der Waals surface area contributed by atoms with Crippen molar-refractivity contribution in [3.8, 4) is 11.5 Å². The first-order chi connectivity index (χ1) is 11.9. The van der Waals surface area contributed by atoms with Gasteiger partial charge in [0.25, 0.3) is 5.91 Å². The molecule has 25 heavy (non-hydrogen) atoms. The third kappa shape index (κ3) is 6.12. The molecule has 5 heteroatoms. The average Bonchev–Trinajstić information content (AvgIpc) is 2.59. The lowest BCUT2D eigenvalue weighted by Gasteiger charge is -2.19. The van der Waals surface area contributed by atoms with Gasteiger partial charge in [-0.3, -0.25) is 4.79 Å². The maximum absolute atomic E-state index is 12.0. The highest BCUT2D eigenvalue weighted by atomic mass is 16.5. The first-order valence-corrected chi connectivity index (χ1v) is 8.34. The summed E-state index contributed by atoms with van der Waals surface area (Å²) in [5.74, 6) is 1.18. The van der Waals surface area contributed by atoms with Gasteiger partial charge in [0.05, 0.1) is 0 Å². The number of ether oxygens (including phenoxy) is 2. The lowest BCUT2D eigenvalue weighted by atomic mass is 9.87. The summed E-state index contributed by atoms with van der Waals surface area (Å²) in [5.41, 5.74) is 7.39. The molecule has 0 fully saturated rings. The third-order valence-electron chi connectivity index (χ3n) is 3.61. The Morgan fingerprint density at radius 1 is 0.960 bits per heavy atom. The van der Waals surface area contributed by atoms with Gasteiger partial charge in [-0.05, 0) is 47.4 Å². The zero-order valence-corrected chi connectivity index (χ0v) is 15.0. The molecule has 0 aromatic heterocycles. The maximum atomic E-state index is 12.0. The van der Waals surface area contributed by atoms with Gasteiger partial charge in [0.1, 0.15) is 18.1 Å². The van der Waals surface area contributed by atoms with E-state index in [0.29, 0.717) is 24.6 Å². The first-order valence-electron chi connectivity index (χ1n) is 8.34. The fraction of sp³-hybridized carbons (Fsp3) is 0.350. The average molecular weight is 342 g/mol. The molecular weight excluding hydrogens is 316 g/mol. The Kier molecular flexibility index (Phi) is 6.42. The number of amides is 1.